The molecule has 1 saturated carbocycles. The zero-order valence-electron chi connectivity index (χ0n) is 18.2. The Labute approximate surface area is 196 Å². The maximum Gasteiger partial charge on any atom is 0.230 e. The van der Waals surface area contributed by atoms with Gasteiger partial charge in [-0.3, -0.25) is 14.5 Å². The van der Waals surface area contributed by atoms with Gasteiger partial charge in [-0.2, -0.15) is 0 Å². The highest BCUT2D eigenvalue weighted by Gasteiger charge is 2.35. The van der Waals surface area contributed by atoms with Crippen molar-refractivity contribution in [1.29, 1.82) is 0 Å². The van der Waals surface area contributed by atoms with Crippen molar-refractivity contribution >= 4 is 40.0 Å². The number of benzene rings is 2. The second-order valence-corrected chi connectivity index (χ2v) is 9.94. The van der Waals surface area contributed by atoms with Crippen LogP contribution >= 0.6 is 23.1 Å². The molecule has 0 bridgehead atoms. The zero-order valence-corrected chi connectivity index (χ0v) is 19.8. The number of nitrogens with one attached hydrogen (secondary N) is 1. The number of hydrogen-bond acceptors (Lipinski definition) is 6. The molecule has 6 nitrogen and oxygen atoms in total. The van der Waals surface area contributed by atoms with E-state index in [1.807, 2.05) is 32.0 Å². The van der Waals surface area contributed by atoms with E-state index in [-0.39, 0.29) is 29.7 Å². The van der Waals surface area contributed by atoms with E-state index in [0.29, 0.717) is 15.9 Å². The highest BCUT2D eigenvalue weighted by atomic mass is 32.2. The fraction of sp³-hybridized carbons (Fsp3) is 0.333. The quantitative estimate of drug-likeness (QED) is 0.352. The second-order valence-electron chi connectivity index (χ2n) is 7.76. The Morgan fingerprint density at radius 3 is 2.44 bits per heavy atom. The summed E-state index contributed by atoms with van der Waals surface area (Å²) >= 11 is 2.73. The number of rotatable bonds is 9. The van der Waals surface area contributed by atoms with E-state index in [0.717, 1.165) is 24.0 Å². The van der Waals surface area contributed by atoms with Crippen molar-refractivity contribution in [2.75, 3.05) is 10.7 Å². The first-order valence-electron chi connectivity index (χ1n) is 10.8. The minimum atomic E-state index is -0.0922. The number of carbonyl (C=O) groups is 2. The van der Waals surface area contributed by atoms with Crippen LogP contribution in [-0.2, 0) is 9.59 Å². The lowest BCUT2D eigenvalue weighted by atomic mass is 10.0. The first-order chi connectivity index (χ1) is 15.5. The molecular formula is C24H26N4O2S2. The van der Waals surface area contributed by atoms with Crippen LogP contribution in [0.3, 0.4) is 0 Å². The average molecular weight is 467 g/mol. The summed E-state index contributed by atoms with van der Waals surface area (Å²) in [5, 5.41) is 12.0. The molecule has 1 heterocycles. The largest absolute Gasteiger partial charge is 0.349 e. The number of amides is 2. The van der Waals surface area contributed by atoms with Gasteiger partial charge in [0.1, 0.15) is 0 Å². The molecule has 32 heavy (non-hydrogen) atoms. The molecular weight excluding hydrogens is 440 g/mol. The predicted molar refractivity (Wildman–Crippen MR) is 130 cm³/mol. The Balaban J connectivity index is 1.29. The SMILES string of the molecule is CCC(=O)N(c1nnc(SCC(=O)NC(C)c2ccc(-c3ccccc3)cc2)s1)C1CC1. The van der Waals surface area contributed by atoms with Crippen LogP contribution < -0.4 is 10.2 Å². The summed E-state index contributed by atoms with van der Waals surface area (Å²) < 4.78 is 0.699. The molecule has 1 aromatic heterocycles. The lowest BCUT2D eigenvalue weighted by molar-refractivity contribution is -0.119. The normalized spacial score (nSPS) is 14.1. The van der Waals surface area contributed by atoms with Crippen LogP contribution in [0.2, 0.25) is 0 Å². The smallest absolute Gasteiger partial charge is 0.230 e. The maximum atomic E-state index is 12.5. The van der Waals surface area contributed by atoms with Gasteiger partial charge >= 0.3 is 0 Å². The van der Waals surface area contributed by atoms with E-state index >= 15 is 0 Å². The molecule has 2 aromatic carbocycles. The van der Waals surface area contributed by atoms with Gasteiger partial charge in [-0.25, -0.2) is 0 Å². The maximum absolute atomic E-state index is 12.5. The molecule has 4 rings (SSSR count). The highest BCUT2D eigenvalue weighted by Crippen LogP contribution is 2.36. The Bertz CT molecular complexity index is 1070. The number of anilines is 1. The van der Waals surface area contributed by atoms with Gasteiger partial charge in [-0.15, -0.1) is 10.2 Å². The lowest BCUT2D eigenvalue weighted by Gasteiger charge is -2.17. The molecule has 3 aromatic rings. The van der Waals surface area contributed by atoms with Gasteiger partial charge in [0.05, 0.1) is 11.8 Å². The summed E-state index contributed by atoms with van der Waals surface area (Å²) in [5.41, 5.74) is 3.38. The summed E-state index contributed by atoms with van der Waals surface area (Å²) in [6.45, 7) is 3.84. The molecule has 0 aliphatic heterocycles. The van der Waals surface area contributed by atoms with Crippen LogP contribution in [0, 0.1) is 0 Å². The van der Waals surface area contributed by atoms with E-state index in [2.05, 4.69) is 51.9 Å². The lowest BCUT2D eigenvalue weighted by Crippen LogP contribution is -2.32. The summed E-state index contributed by atoms with van der Waals surface area (Å²) in [5.74, 6) is 0.270. The van der Waals surface area contributed by atoms with Crippen LogP contribution in [0.15, 0.2) is 58.9 Å². The van der Waals surface area contributed by atoms with E-state index in [1.54, 1.807) is 4.90 Å². The van der Waals surface area contributed by atoms with Crippen molar-refractivity contribution in [3.8, 4) is 11.1 Å². The van der Waals surface area contributed by atoms with Gasteiger partial charge in [-0.05, 0) is 36.5 Å². The van der Waals surface area contributed by atoms with Gasteiger partial charge in [0, 0.05) is 12.5 Å². The molecule has 1 fully saturated rings. The molecule has 8 heteroatoms. The van der Waals surface area contributed by atoms with Crippen LogP contribution in [0.1, 0.15) is 44.7 Å². The summed E-state index contributed by atoms with van der Waals surface area (Å²) in [6, 6.07) is 18.6. The number of carbonyl (C=O) groups excluding carboxylic acids is 2. The topological polar surface area (TPSA) is 75.2 Å². The standard InChI is InChI=1S/C24H26N4O2S2/c1-3-22(30)28(20-13-14-20)23-26-27-24(32-23)31-15-21(29)25-16(2)17-9-11-19(12-10-17)18-7-5-4-6-8-18/h4-12,16,20H,3,13-15H2,1-2H3,(H,25,29). The van der Waals surface area contributed by atoms with Crippen LogP contribution in [-0.4, -0.2) is 33.8 Å². The first kappa shape index (κ1) is 22.5. The Morgan fingerprint density at radius 1 is 1.09 bits per heavy atom. The molecule has 1 aliphatic rings. The fourth-order valence-electron chi connectivity index (χ4n) is 3.42. The molecule has 1 atom stereocenters. The van der Waals surface area contributed by atoms with Crippen molar-refractivity contribution in [2.24, 2.45) is 0 Å². The summed E-state index contributed by atoms with van der Waals surface area (Å²) in [4.78, 5) is 26.4. The van der Waals surface area contributed by atoms with Gasteiger partial charge in [0.25, 0.3) is 0 Å². The second kappa shape index (κ2) is 10.3. The fourth-order valence-corrected chi connectivity index (χ4v) is 5.16. The van der Waals surface area contributed by atoms with E-state index in [9.17, 15) is 9.59 Å². The number of aromatic nitrogens is 2. The molecule has 1 aliphatic carbocycles. The van der Waals surface area contributed by atoms with Crippen LogP contribution in [0.5, 0.6) is 0 Å². The van der Waals surface area contributed by atoms with Crippen molar-refractivity contribution in [3.63, 3.8) is 0 Å². The van der Waals surface area contributed by atoms with Crippen molar-refractivity contribution < 1.29 is 9.59 Å². The van der Waals surface area contributed by atoms with Crippen molar-refractivity contribution in [1.82, 2.24) is 15.5 Å². The molecule has 1 unspecified atom stereocenters. The number of thioether (sulfide) groups is 1. The zero-order chi connectivity index (χ0) is 22.5. The monoisotopic (exact) mass is 466 g/mol. The molecule has 0 spiro atoms. The third-order valence-electron chi connectivity index (χ3n) is 5.31. The Hall–Kier alpha value is -2.71. The summed E-state index contributed by atoms with van der Waals surface area (Å²) in [7, 11) is 0. The molecule has 0 radical (unpaired) electrons. The van der Waals surface area contributed by atoms with E-state index in [4.69, 9.17) is 0 Å². The Morgan fingerprint density at radius 2 is 1.78 bits per heavy atom. The molecule has 2 amide bonds. The van der Waals surface area contributed by atoms with Crippen molar-refractivity contribution in [3.05, 3.63) is 60.2 Å². The van der Waals surface area contributed by atoms with Gasteiger partial charge < -0.3 is 5.32 Å². The third-order valence-corrected chi connectivity index (χ3v) is 7.36. The van der Waals surface area contributed by atoms with Gasteiger partial charge in [0.2, 0.25) is 16.9 Å². The van der Waals surface area contributed by atoms with Gasteiger partial charge in [0.15, 0.2) is 4.34 Å². The van der Waals surface area contributed by atoms with Crippen molar-refractivity contribution in [2.45, 2.75) is 49.5 Å². The van der Waals surface area contributed by atoms with Gasteiger partial charge in [-0.1, -0.05) is 84.6 Å². The molecule has 0 saturated heterocycles. The minimum absolute atomic E-state index is 0.0601. The predicted octanol–water partition coefficient (Wildman–Crippen LogP) is 5.08. The minimum Gasteiger partial charge on any atom is -0.349 e. The number of hydrogen-bond donors (Lipinski definition) is 1. The first-order valence-corrected chi connectivity index (χ1v) is 12.6. The molecule has 166 valence electrons. The third kappa shape index (κ3) is 5.55. The number of nitrogens with zero attached hydrogens (tertiary/aromatic N) is 3. The Kier molecular flexibility index (Phi) is 7.22. The molecule has 1 N–H and O–H groups in total. The summed E-state index contributed by atoms with van der Waals surface area (Å²) in [6.07, 6.45) is 2.48. The van der Waals surface area contributed by atoms with E-state index < -0.39 is 0 Å². The van der Waals surface area contributed by atoms with E-state index in [1.165, 1.54) is 28.7 Å². The highest BCUT2D eigenvalue weighted by molar-refractivity contribution is 8.01. The van der Waals surface area contributed by atoms with Crippen LogP contribution in [0.4, 0.5) is 5.13 Å². The van der Waals surface area contributed by atoms with Crippen LogP contribution in [0.25, 0.3) is 11.1 Å². The average Bonchev–Trinajstić information content (AvgIpc) is 3.55.